The van der Waals surface area contributed by atoms with Crippen molar-refractivity contribution < 1.29 is 9.59 Å². The number of hydrogen-bond donors (Lipinski definition) is 3. The zero-order valence-electron chi connectivity index (χ0n) is 11.1. The average molecular weight is 279 g/mol. The maximum Gasteiger partial charge on any atom is 0.319 e. The van der Waals surface area contributed by atoms with Crippen molar-refractivity contribution in [2.45, 2.75) is 32.9 Å². The second kappa shape index (κ2) is 5.44. The highest BCUT2D eigenvalue weighted by molar-refractivity contribution is 7.10. The molecule has 1 unspecified atom stereocenters. The number of carbonyl (C=O) groups excluding carboxylic acids is 2. The minimum Gasteiger partial charge on any atom is -0.350 e. The molecule has 0 aliphatic carbocycles. The Bertz CT molecular complexity index is 520. The Morgan fingerprint density at radius 2 is 2.21 bits per heavy atom. The fraction of sp³-hybridized carbons (Fsp3) is 0.385. The van der Waals surface area contributed by atoms with E-state index in [0.717, 1.165) is 4.88 Å². The largest absolute Gasteiger partial charge is 0.350 e. The number of hydrogen-bond acceptors (Lipinski definition) is 3. The lowest BCUT2D eigenvalue weighted by atomic mass is 10.0. The summed E-state index contributed by atoms with van der Waals surface area (Å²) < 4.78 is 0. The second-order valence-electron chi connectivity index (χ2n) is 4.71. The van der Waals surface area contributed by atoms with Gasteiger partial charge in [-0.15, -0.1) is 11.3 Å². The molecule has 3 amide bonds. The quantitative estimate of drug-likeness (QED) is 0.791. The van der Waals surface area contributed by atoms with E-state index in [1.54, 1.807) is 6.92 Å². The Kier molecular flexibility index (Phi) is 3.90. The Hall–Kier alpha value is -1.82. The summed E-state index contributed by atoms with van der Waals surface area (Å²) in [5, 5.41) is 10.2. The Morgan fingerprint density at radius 1 is 1.47 bits per heavy atom. The number of amides is 3. The van der Waals surface area contributed by atoms with Crippen LogP contribution in [0.5, 0.6) is 0 Å². The summed E-state index contributed by atoms with van der Waals surface area (Å²) in [4.78, 5) is 24.8. The van der Waals surface area contributed by atoms with E-state index in [1.165, 1.54) is 11.3 Å². The summed E-state index contributed by atoms with van der Waals surface area (Å²) in [5.74, 6) is -0.154. The molecule has 0 saturated heterocycles. The van der Waals surface area contributed by atoms with Gasteiger partial charge in [0.05, 0.1) is 11.6 Å². The topological polar surface area (TPSA) is 70.2 Å². The van der Waals surface area contributed by atoms with Crippen LogP contribution >= 0.6 is 11.3 Å². The van der Waals surface area contributed by atoms with E-state index in [1.807, 2.05) is 31.4 Å². The summed E-state index contributed by atoms with van der Waals surface area (Å²) >= 11 is 1.52. The molecule has 0 radical (unpaired) electrons. The molecule has 0 bridgehead atoms. The maximum atomic E-state index is 12.3. The average Bonchev–Trinajstić information content (AvgIpc) is 2.79. The zero-order chi connectivity index (χ0) is 14.0. The molecule has 1 aromatic heterocycles. The molecular weight excluding hydrogens is 262 g/mol. The Labute approximate surface area is 116 Å². The van der Waals surface area contributed by atoms with Gasteiger partial charge in [0.15, 0.2) is 0 Å². The molecule has 0 saturated carbocycles. The summed E-state index contributed by atoms with van der Waals surface area (Å²) in [6, 6.07) is 3.21. The molecule has 102 valence electrons. The highest BCUT2D eigenvalue weighted by Gasteiger charge is 2.31. The molecule has 2 rings (SSSR count). The van der Waals surface area contributed by atoms with Crippen molar-refractivity contribution in [3.05, 3.63) is 33.7 Å². The molecule has 1 aliphatic heterocycles. The van der Waals surface area contributed by atoms with Crippen LogP contribution in [0.25, 0.3) is 0 Å². The molecule has 1 aliphatic rings. The molecule has 3 N–H and O–H groups in total. The predicted molar refractivity (Wildman–Crippen MR) is 74.7 cm³/mol. The van der Waals surface area contributed by atoms with Gasteiger partial charge in [0.1, 0.15) is 0 Å². The highest BCUT2D eigenvalue weighted by atomic mass is 32.1. The van der Waals surface area contributed by atoms with Crippen LogP contribution in [0.4, 0.5) is 4.79 Å². The number of carbonyl (C=O) groups is 2. The van der Waals surface area contributed by atoms with E-state index in [0.29, 0.717) is 11.3 Å². The molecule has 5 nitrogen and oxygen atoms in total. The van der Waals surface area contributed by atoms with Crippen LogP contribution < -0.4 is 16.0 Å². The summed E-state index contributed by atoms with van der Waals surface area (Å²) in [6.07, 6.45) is 0. The number of thiophene rings is 1. The first-order chi connectivity index (χ1) is 8.99. The zero-order valence-corrected chi connectivity index (χ0v) is 11.9. The van der Waals surface area contributed by atoms with Gasteiger partial charge in [-0.05, 0) is 32.2 Å². The monoisotopic (exact) mass is 279 g/mol. The number of nitrogens with one attached hydrogen (secondary N) is 3. The molecule has 0 aromatic carbocycles. The van der Waals surface area contributed by atoms with Gasteiger partial charge in [-0.3, -0.25) is 4.79 Å². The van der Waals surface area contributed by atoms with E-state index < -0.39 is 0 Å². The lowest BCUT2D eigenvalue weighted by Gasteiger charge is -2.28. The van der Waals surface area contributed by atoms with Gasteiger partial charge in [0, 0.05) is 16.6 Å². The minimum absolute atomic E-state index is 0.0504. The van der Waals surface area contributed by atoms with E-state index >= 15 is 0 Å². The van der Waals surface area contributed by atoms with Crippen LogP contribution in [0, 0.1) is 0 Å². The lowest BCUT2D eigenvalue weighted by molar-refractivity contribution is -0.118. The third-order valence-corrected chi connectivity index (χ3v) is 3.70. The van der Waals surface area contributed by atoms with Crippen LogP contribution in [-0.2, 0) is 4.79 Å². The van der Waals surface area contributed by atoms with Crippen LogP contribution in [-0.4, -0.2) is 18.0 Å². The highest BCUT2D eigenvalue weighted by Crippen LogP contribution is 2.29. The number of allylic oxidation sites excluding steroid dienone is 1. The molecular formula is C13H17N3O2S. The van der Waals surface area contributed by atoms with Gasteiger partial charge in [0.2, 0.25) is 0 Å². The van der Waals surface area contributed by atoms with Gasteiger partial charge < -0.3 is 16.0 Å². The molecule has 19 heavy (non-hydrogen) atoms. The fourth-order valence-electron chi connectivity index (χ4n) is 2.00. The third-order valence-electron chi connectivity index (χ3n) is 2.76. The summed E-state index contributed by atoms with van der Waals surface area (Å²) in [6.45, 7) is 5.56. The molecule has 2 heterocycles. The lowest BCUT2D eigenvalue weighted by Crippen LogP contribution is -2.47. The fourth-order valence-corrected chi connectivity index (χ4v) is 2.79. The molecule has 0 fully saturated rings. The van der Waals surface area contributed by atoms with Crippen LogP contribution in [0.15, 0.2) is 28.8 Å². The van der Waals surface area contributed by atoms with Crippen molar-refractivity contribution in [1.82, 2.24) is 16.0 Å². The molecule has 0 spiro atoms. The summed E-state index contributed by atoms with van der Waals surface area (Å²) in [7, 11) is 0. The van der Waals surface area contributed by atoms with Crippen molar-refractivity contribution in [2.24, 2.45) is 0 Å². The number of urea groups is 1. The van der Waals surface area contributed by atoms with Crippen LogP contribution in [0.2, 0.25) is 0 Å². The van der Waals surface area contributed by atoms with E-state index in [2.05, 4.69) is 16.0 Å². The molecule has 1 atom stereocenters. The van der Waals surface area contributed by atoms with Gasteiger partial charge in [-0.2, -0.15) is 0 Å². The van der Waals surface area contributed by atoms with Crippen LogP contribution in [0.3, 0.4) is 0 Å². The van der Waals surface area contributed by atoms with Crippen molar-refractivity contribution in [1.29, 1.82) is 0 Å². The second-order valence-corrected chi connectivity index (χ2v) is 5.69. The van der Waals surface area contributed by atoms with E-state index in [4.69, 9.17) is 0 Å². The van der Waals surface area contributed by atoms with E-state index in [-0.39, 0.29) is 24.0 Å². The first kappa shape index (κ1) is 13.6. The first-order valence-corrected chi connectivity index (χ1v) is 6.99. The van der Waals surface area contributed by atoms with E-state index in [9.17, 15) is 9.59 Å². The van der Waals surface area contributed by atoms with Gasteiger partial charge in [0.25, 0.3) is 5.91 Å². The summed E-state index contributed by atoms with van der Waals surface area (Å²) in [5.41, 5.74) is 1.16. The maximum absolute atomic E-state index is 12.3. The standard InChI is InChI=1S/C13H17N3O2S/c1-7(2)14-12(17)10-8(3)15-13(18)16-11(10)9-5-4-6-19-9/h4-7,11H,1-3H3,(H,14,17)(H2,15,16,18). The number of rotatable bonds is 3. The normalized spacial score (nSPS) is 19.2. The molecule has 6 heteroatoms. The van der Waals surface area contributed by atoms with Gasteiger partial charge in [-0.1, -0.05) is 6.07 Å². The van der Waals surface area contributed by atoms with Crippen molar-refractivity contribution >= 4 is 23.3 Å². The van der Waals surface area contributed by atoms with Crippen molar-refractivity contribution in [3.8, 4) is 0 Å². The first-order valence-electron chi connectivity index (χ1n) is 6.11. The SMILES string of the molecule is CC1=C(C(=O)NC(C)C)C(c2cccs2)NC(=O)N1. The van der Waals surface area contributed by atoms with Gasteiger partial charge in [-0.25, -0.2) is 4.79 Å². The van der Waals surface area contributed by atoms with Crippen molar-refractivity contribution in [2.75, 3.05) is 0 Å². The smallest absolute Gasteiger partial charge is 0.319 e. The van der Waals surface area contributed by atoms with Gasteiger partial charge >= 0.3 is 6.03 Å². The van der Waals surface area contributed by atoms with Crippen LogP contribution in [0.1, 0.15) is 31.7 Å². The Morgan fingerprint density at radius 3 is 2.79 bits per heavy atom. The minimum atomic E-state index is -0.382. The predicted octanol–water partition coefficient (Wildman–Crippen LogP) is 1.90. The molecule has 1 aromatic rings. The van der Waals surface area contributed by atoms with Crippen molar-refractivity contribution in [3.63, 3.8) is 0 Å². The third kappa shape index (κ3) is 2.96. The Balaban J connectivity index is 2.36.